The van der Waals surface area contributed by atoms with Gasteiger partial charge in [-0.1, -0.05) is 25.5 Å². The van der Waals surface area contributed by atoms with Crippen molar-refractivity contribution in [1.29, 1.82) is 0 Å². The SMILES string of the molecule is CCCNC(=O)C(C)n1nnc(C(=O)O)c1CCC. The number of aromatic carboxylic acids is 1. The van der Waals surface area contributed by atoms with Gasteiger partial charge in [0.1, 0.15) is 6.04 Å². The molecular formula is C12H20N4O3. The van der Waals surface area contributed by atoms with Crippen molar-refractivity contribution >= 4 is 11.9 Å². The zero-order valence-corrected chi connectivity index (χ0v) is 11.5. The molecule has 0 saturated carbocycles. The Kier molecular flexibility index (Phi) is 5.47. The summed E-state index contributed by atoms with van der Waals surface area (Å²) in [4.78, 5) is 22.9. The van der Waals surface area contributed by atoms with E-state index in [0.717, 1.165) is 12.8 Å². The first-order chi connectivity index (χ1) is 9.02. The van der Waals surface area contributed by atoms with Crippen LogP contribution in [0.3, 0.4) is 0 Å². The summed E-state index contributed by atoms with van der Waals surface area (Å²) in [6, 6.07) is -0.561. The molecule has 0 aliphatic heterocycles. The second kappa shape index (κ2) is 6.86. The van der Waals surface area contributed by atoms with Crippen LogP contribution in [-0.4, -0.2) is 38.5 Å². The van der Waals surface area contributed by atoms with Gasteiger partial charge in [-0.2, -0.15) is 0 Å². The van der Waals surface area contributed by atoms with Gasteiger partial charge in [0.2, 0.25) is 5.91 Å². The second-order valence-corrected chi connectivity index (χ2v) is 4.35. The summed E-state index contributed by atoms with van der Waals surface area (Å²) in [5, 5.41) is 19.3. The van der Waals surface area contributed by atoms with E-state index in [4.69, 9.17) is 5.11 Å². The first-order valence-electron chi connectivity index (χ1n) is 6.47. The molecule has 7 nitrogen and oxygen atoms in total. The summed E-state index contributed by atoms with van der Waals surface area (Å²) >= 11 is 0. The number of carbonyl (C=O) groups excluding carboxylic acids is 1. The number of aromatic nitrogens is 3. The van der Waals surface area contributed by atoms with Crippen LogP contribution < -0.4 is 5.32 Å². The van der Waals surface area contributed by atoms with Gasteiger partial charge in [0, 0.05) is 6.54 Å². The highest BCUT2D eigenvalue weighted by Crippen LogP contribution is 2.14. The third-order valence-corrected chi connectivity index (χ3v) is 2.78. The molecule has 19 heavy (non-hydrogen) atoms. The van der Waals surface area contributed by atoms with E-state index in [1.165, 1.54) is 4.68 Å². The van der Waals surface area contributed by atoms with Gasteiger partial charge in [0.05, 0.1) is 5.69 Å². The van der Waals surface area contributed by atoms with Crippen molar-refractivity contribution in [2.45, 2.75) is 46.1 Å². The normalized spacial score (nSPS) is 12.2. The summed E-state index contributed by atoms with van der Waals surface area (Å²) in [5.41, 5.74) is 0.422. The van der Waals surface area contributed by atoms with Crippen LogP contribution in [0.5, 0.6) is 0 Å². The number of nitrogens with one attached hydrogen (secondary N) is 1. The summed E-state index contributed by atoms with van der Waals surface area (Å²) in [5.74, 6) is -1.29. The van der Waals surface area contributed by atoms with E-state index in [9.17, 15) is 9.59 Å². The van der Waals surface area contributed by atoms with Crippen LogP contribution in [-0.2, 0) is 11.2 Å². The maximum absolute atomic E-state index is 11.9. The molecule has 0 spiro atoms. The third-order valence-electron chi connectivity index (χ3n) is 2.78. The molecule has 0 radical (unpaired) electrons. The highest BCUT2D eigenvalue weighted by Gasteiger charge is 2.24. The van der Waals surface area contributed by atoms with E-state index in [1.807, 2.05) is 13.8 Å². The maximum atomic E-state index is 11.9. The Morgan fingerprint density at radius 2 is 2.05 bits per heavy atom. The van der Waals surface area contributed by atoms with Crippen LogP contribution in [0.1, 0.15) is 55.8 Å². The Bertz CT molecular complexity index is 456. The molecule has 1 heterocycles. The zero-order chi connectivity index (χ0) is 14.4. The molecule has 1 aromatic rings. The lowest BCUT2D eigenvalue weighted by atomic mass is 10.2. The highest BCUT2D eigenvalue weighted by atomic mass is 16.4. The van der Waals surface area contributed by atoms with Crippen LogP contribution in [0.4, 0.5) is 0 Å². The standard InChI is InChI=1S/C12H20N4O3/c1-4-6-9-10(12(18)19)14-15-16(9)8(3)11(17)13-7-5-2/h8H,4-7H2,1-3H3,(H,13,17)(H,18,19). The van der Waals surface area contributed by atoms with Crippen molar-refractivity contribution in [1.82, 2.24) is 20.3 Å². The van der Waals surface area contributed by atoms with E-state index in [-0.39, 0.29) is 11.6 Å². The Morgan fingerprint density at radius 3 is 2.58 bits per heavy atom. The largest absolute Gasteiger partial charge is 0.476 e. The monoisotopic (exact) mass is 268 g/mol. The minimum Gasteiger partial charge on any atom is -0.476 e. The van der Waals surface area contributed by atoms with Gasteiger partial charge >= 0.3 is 5.97 Å². The molecule has 106 valence electrons. The van der Waals surface area contributed by atoms with E-state index >= 15 is 0 Å². The predicted molar refractivity (Wildman–Crippen MR) is 69.0 cm³/mol. The lowest BCUT2D eigenvalue weighted by Crippen LogP contribution is -2.32. The molecule has 2 N–H and O–H groups in total. The number of nitrogens with zero attached hydrogens (tertiary/aromatic N) is 3. The Morgan fingerprint density at radius 1 is 1.37 bits per heavy atom. The average molecular weight is 268 g/mol. The number of carbonyl (C=O) groups is 2. The molecule has 0 bridgehead atoms. The van der Waals surface area contributed by atoms with Crippen LogP contribution >= 0.6 is 0 Å². The van der Waals surface area contributed by atoms with Crippen LogP contribution in [0.25, 0.3) is 0 Å². The Labute approximate surface area is 112 Å². The fraction of sp³-hybridized carbons (Fsp3) is 0.667. The van der Waals surface area contributed by atoms with E-state index in [1.54, 1.807) is 6.92 Å². The van der Waals surface area contributed by atoms with Crippen molar-refractivity contribution in [3.8, 4) is 0 Å². The molecular weight excluding hydrogens is 248 g/mol. The predicted octanol–water partition coefficient (Wildman–Crippen LogP) is 1.02. The summed E-state index contributed by atoms with van der Waals surface area (Å²) in [7, 11) is 0. The van der Waals surface area contributed by atoms with Crippen molar-refractivity contribution in [3.05, 3.63) is 11.4 Å². The third kappa shape index (κ3) is 3.52. The number of carboxylic acid groups (broad SMARTS) is 1. The van der Waals surface area contributed by atoms with Gasteiger partial charge in [-0.25, -0.2) is 9.48 Å². The quantitative estimate of drug-likeness (QED) is 0.769. The smallest absolute Gasteiger partial charge is 0.358 e. The van der Waals surface area contributed by atoms with Crippen molar-refractivity contribution < 1.29 is 14.7 Å². The molecule has 0 saturated heterocycles. The molecule has 0 aliphatic rings. The molecule has 1 aromatic heterocycles. The molecule has 0 aromatic carbocycles. The van der Waals surface area contributed by atoms with Gasteiger partial charge in [-0.05, 0) is 19.8 Å². The average Bonchev–Trinajstić information content (AvgIpc) is 2.79. The molecule has 1 unspecified atom stereocenters. The fourth-order valence-corrected chi connectivity index (χ4v) is 1.77. The van der Waals surface area contributed by atoms with Crippen molar-refractivity contribution in [2.24, 2.45) is 0 Å². The molecule has 7 heteroatoms. The fourth-order valence-electron chi connectivity index (χ4n) is 1.77. The van der Waals surface area contributed by atoms with E-state index in [2.05, 4.69) is 15.6 Å². The van der Waals surface area contributed by atoms with Gasteiger partial charge < -0.3 is 10.4 Å². The van der Waals surface area contributed by atoms with E-state index < -0.39 is 12.0 Å². The summed E-state index contributed by atoms with van der Waals surface area (Å²) in [6.07, 6.45) is 2.13. The summed E-state index contributed by atoms with van der Waals surface area (Å²) in [6.45, 7) is 6.17. The minimum absolute atomic E-state index is 0.0722. The van der Waals surface area contributed by atoms with Gasteiger partial charge in [0.25, 0.3) is 0 Å². The number of hydrogen-bond acceptors (Lipinski definition) is 4. The first-order valence-corrected chi connectivity index (χ1v) is 6.47. The molecule has 1 atom stereocenters. The highest BCUT2D eigenvalue weighted by molar-refractivity contribution is 5.87. The Balaban J connectivity index is 2.98. The minimum atomic E-state index is -1.11. The number of amides is 1. The molecule has 1 amide bonds. The molecule has 0 aliphatic carbocycles. The lowest BCUT2D eigenvalue weighted by molar-refractivity contribution is -0.124. The zero-order valence-electron chi connectivity index (χ0n) is 11.5. The lowest BCUT2D eigenvalue weighted by Gasteiger charge is -2.14. The van der Waals surface area contributed by atoms with Crippen LogP contribution in [0.15, 0.2) is 0 Å². The van der Waals surface area contributed by atoms with Crippen molar-refractivity contribution in [2.75, 3.05) is 6.54 Å². The molecule has 0 fully saturated rings. The van der Waals surface area contributed by atoms with E-state index in [0.29, 0.717) is 18.7 Å². The summed E-state index contributed by atoms with van der Waals surface area (Å²) < 4.78 is 1.40. The number of hydrogen-bond donors (Lipinski definition) is 2. The van der Waals surface area contributed by atoms with Crippen LogP contribution in [0.2, 0.25) is 0 Å². The van der Waals surface area contributed by atoms with Crippen molar-refractivity contribution in [3.63, 3.8) is 0 Å². The van der Waals surface area contributed by atoms with Gasteiger partial charge in [-0.15, -0.1) is 5.10 Å². The molecule has 1 rings (SSSR count). The van der Waals surface area contributed by atoms with Gasteiger partial charge in [0.15, 0.2) is 5.69 Å². The maximum Gasteiger partial charge on any atom is 0.358 e. The topological polar surface area (TPSA) is 97.1 Å². The first kappa shape index (κ1) is 15.1. The van der Waals surface area contributed by atoms with Crippen LogP contribution in [0, 0.1) is 0 Å². The second-order valence-electron chi connectivity index (χ2n) is 4.35. The Hall–Kier alpha value is -1.92. The number of carboxylic acids is 1. The number of rotatable bonds is 7. The van der Waals surface area contributed by atoms with Gasteiger partial charge in [-0.3, -0.25) is 4.79 Å².